The fourth-order valence-corrected chi connectivity index (χ4v) is 4.03. The predicted octanol–water partition coefficient (Wildman–Crippen LogP) is 3.20. The first-order valence-corrected chi connectivity index (χ1v) is 7.64. The van der Waals surface area contributed by atoms with Crippen molar-refractivity contribution < 1.29 is 0 Å². The van der Waals surface area contributed by atoms with Crippen molar-refractivity contribution >= 4 is 11.3 Å². The summed E-state index contributed by atoms with van der Waals surface area (Å²) in [4.78, 5) is 10.8. The zero-order chi connectivity index (χ0) is 13.4. The molecule has 1 aliphatic carbocycles. The molecule has 0 saturated carbocycles. The summed E-state index contributed by atoms with van der Waals surface area (Å²) in [6, 6.07) is 2.17. The predicted molar refractivity (Wildman–Crippen MR) is 79.6 cm³/mol. The van der Waals surface area contributed by atoms with Crippen molar-refractivity contribution in [3.8, 4) is 10.7 Å². The van der Waals surface area contributed by atoms with Crippen LogP contribution in [0, 0.1) is 13.8 Å². The van der Waals surface area contributed by atoms with E-state index >= 15 is 0 Å². The highest BCUT2D eigenvalue weighted by Gasteiger charge is 2.24. The van der Waals surface area contributed by atoms with Crippen LogP contribution < -0.4 is 5.73 Å². The second-order valence-electron chi connectivity index (χ2n) is 5.33. The first-order chi connectivity index (χ1) is 9.19. The Kier molecular flexibility index (Phi) is 3.37. The second-order valence-corrected chi connectivity index (χ2v) is 6.41. The minimum Gasteiger partial charge on any atom is -0.330 e. The summed E-state index contributed by atoms with van der Waals surface area (Å²) < 4.78 is 0. The fraction of sp³-hybridized carbons (Fsp3) is 0.467. The van der Waals surface area contributed by atoms with Gasteiger partial charge in [-0.25, -0.2) is 4.98 Å². The van der Waals surface area contributed by atoms with Gasteiger partial charge in [-0.2, -0.15) is 0 Å². The zero-order valence-electron chi connectivity index (χ0n) is 11.4. The normalized spacial score (nSPS) is 18.4. The number of aryl methyl sites for hydroxylation is 3. The van der Waals surface area contributed by atoms with E-state index in [1.54, 1.807) is 11.3 Å². The van der Waals surface area contributed by atoms with Crippen molar-refractivity contribution in [3.05, 3.63) is 34.0 Å². The lowest BCUT2D eigenvalue weighted by Gasteiger charge is -2.18. The monoisotopic (exact) mass is 273 g/mol. The lowest BCUT2D eigenvalue weighted by atomic mass is 9.91. The lowest BCUT2D eigenvalue weighted by Crippen LogP contribution is -2.17. The molecule has 2 heterocycles. The van der Waals surface area contributed by atoms with Crippen LogP contribution in [0.3, 0.4) is 0 Å². The smallest absolute Gasteiger partial charge is 0.142 e. The van der Waals surface area contributed by atoms with Gasteiger partial charge in [0.15, 0.2) is 0 Å². The first kappa shape index (κ1) is 12.8. The van der Waals surface area contributed by atoms with Crippen LogP contribution >= 0.6 is 11.3 Å². The Balaban J connectivity index is 2.05. The lowest BCUT2D eigenvalue weighted by molar-refractivity contribution is 0.554. The van der Waals surface area contributed by atoms with Gasteiger partial charge in [-0.15, -0.1) is 11.3 Å². The Morgan fingerprint density at radius 2 is 2.26 bits per heavy atom. The summed E-state index contributed by atoms with van der Waals surface area (Å²) in [5, 5.41) is 1.06. The van der Waals surface area contributed by atoms with Crippen molar-refractivity contribution in [1.29, 1.82) is 0 Å². The molecule has 1 atom stereocenters. The van der Waals surface area contributed by atoms with Gasteiger partial charge < -0.3 is 5.73 Å². The summed E-state index contributed by atoms with van der Waals surface area (Å²) in [5.41, 5.74) is 10.5. The first-order valence-electron chi connectivity index (χ1n) is 6.82. The molecule has 100 valence electrons. The van der Waals surface area contributed by atoms with Gasteiger partial charge in [-0.1, -0.05) is 6.07 Å². The molecule has 0 amide bonds. The highest BCUT2D eigenvalue weighted by atomic mass is 32.1. The van der Waals surface area contributed by atoms with Gasteiger partial charge in [-0.05, 0) is 44.2 Å². The van der Waals surface area contributed by atoms with Crippen molar-refractivity contribution in [3.63, 3.8) is 0 Å². The van der Waals surface area contributed by atoms with Gasteiger partial charge in [0.05, 0.1) is 5.69 Å². The van der Waals surface area contributed by atoms with Crippen LogP contribution in [-0.2, 0) is 6.42 Å². The zero-order valence-corrected chi connectivity index (χ0v) is 12.3. The fourth-order valence-electron chi connectivity index (χ4n) is 2.78. The summed E-state index contributed by atoms with van der Waals surface area (Å²) in [6.07, 6.45) is 5.47. The minimum atomic E-state index is 0.444. The molecule has 0 radical (unpaired) electrons. The molecular weight excluding hydrogens is 254 g/mol. The molecule has 19 heavy (non-hydrogen) atoms. The maximum absolute atomic E-state index is 5.86. The number of pyridine rings is 1. The average Bonchev–Trinajstić information content (AvgIpc) is 2.81. The number of hydrogen-bond acceptors (Lipinski definition) is 4. The quantitative estimate of drug-likeness (QED) is 0.914. The summed E-state index contributed by atoms with van der Waals surface area (Å²) in [5.74, 6) is 0.444. The van der Waals surface area contributed by atoms with Crippen LogP contribution in [0.25, 0.3) is 10.7 Å². The third kappa shape index (κ3) is 2.30. The topological polar surface area (TPSA) is 51.8 Å². The Hall–Kier alpha value is -1.26. The number of fused-ring (bicyclic) bond motifs is 1. The van der Waals surface area contributed by atoms with Crippen molar-refractivity contribution in [2.24, 2.45) is 5.73 Å². The van der Waals surface area contributed by atoms with Gasteiger partial charge in [0, 0.05) is 23.5 Å². The number of aromatic nitrogens is 2. The Bertz CT molecular complexity index is 603. The minimum absolute atomic E-state index is 0.444. The SMILES string of the molecule is Cc1cnc(-c2nc3c(s2)CCCC3CN)c(C)c1. The Morgan fingerprint density at radius 3 is 3.00 bits per heavy atom. The van der Waals surface area contributed by atoms with E-state index in [0.717, 1.165) is 17.1 Å². The van der Waals surface area contributed by atoms with Crippen molar-refractivity contribution in [1.82, 2.24) is 9.97 Å². The van der Waals surface area contributed by atoms with Gasteiger partial charge in [-0.3, -0.25) is 4.98 Å². The number of nitrogens with two attached hydrogens (primary N) is 1. The second kappa shape index (κ2) is 5.02. The van der Waals surface area contributed by atoms with Crippen LogP contribution in [0.15, 0.2) is 12.3 Å². The van der Waals surface area contributed by atoms with Gasteiger partial charge in [0.25, 0.3) is 0 Å². The number of rotatable bonds is 2. The Labute approximate surface area is 117 Å². The maximum Gasteiger partial charge on any atom is 0.142 e. The van der Waals surface area contributed by atoms with Gasteiger partial charge >= 0.3 is 0 Å². The molecule has 0 spiro atoms. The number of thiazole rings is 1. The molecule has 0 bridgehead atoms. The van der Waals surface area contributed by atoms with Crippen LogP contribution in [0.1, 0.15) is 40.5 Å². The van der Waals surface area contributed by atoms with E-state index in [9.17, 15) is 0 Å². The molecule has 3 nitrogen and oxygen atoms in total. The van der Waals surface area contributed by atoms with Crippen LogP contribution in [0.2, 0.25) is 0 Å². The highest BCUT2D eigenvalue weighted by Crippen LogP contribution is 2.37. The molecule has 4 heteroatoms. The van der Waals surface area contributed by atoms with Gasteiger partial charge in [0.1, 0.15) is 10.7 Å². The van der Waals surface area contributed by atoms with Crippen LogP contribution in [-0.4, -0.2) is 16.5 Å². The molecule has 2 N–H and O–H groups in total. The van der Waals surface area contributed by atoms with Gasteiger partial charge in [0.2, 0.25) is 0 Å². The molecule has 0 aliphatic heterocycles. The summed E-state index contributed by atoms with van der Waals surface area (Å²) in [6.45, 7) is 4.88. The van der Waals surface area contributed by atoms with E-state index in [-0.39, 0.29) is 0 Å². The van der Waals surface area contributed by atoms with Crippen molar-refractivity contribution in [2.45, 2.75) is 39.0 Å². The van der Waals surface area contributed by atoms with E-state index in [0.29, 0.717) is 12.5 Å². The maximum atomic E-state index is 5.86. The Morgan fingerprint density at radius 1 is 1.42 bits per heavy atom. The largest absolute Gasteiger partial charge is 0.330 e. The van der Waals surface area contributed by atoms with E-state index in [2.05, 4.69) is 24.9 Å². The van der Waals surface area contributed by atoms with E-state index in [1.165, 1.54) is 34.5 Å². The van der Waals surface area contributed by atoms with E-state index in [4.69, 9.17) is 10.7 Å². The standard InChI is InChI=1S/C15H19N3S/c1-9-6-10(2)13(17-8-9)15-18-14-11(7-16)4-3-5-12(14)19-15/h6,8,11H,3-5,7,16H2,1-2H3. The third-order valence-electron chi connectivity index (χ3n) is 3.77. The molecule has 2 aromatic rings. The number of hydrogen-bond donors (Lipinski definition) is 1. The average molecular weight is 273 g/mol. The molecule has 1 aliphatic rings. The summed E-state index contributed by atoms with van der Waals surface area (Å²) in [7, 11) is 0. The molecular formula is C15H19N3S. The van der Waals surface area contributed by atoms with Crippen LogP contribution in [0.4, 0.5) is 0 Å². The molecule has 0 fully saturated rings. The molecule has 0 aromatic carbocycles. The van der Waals surface area contributed by atoms with Crippen LogP contribution in [0.5, 0.6) is 0 Å². The number of nitrogens with zero attached hydrogens (tertiary/aromatic N) is 2. The highest BCUT2D eigenvalue weighted by molar-refractivity contribution is 7.15. The van der Waals surface area contributed by atoms with Crippen molar-refractivity contribution in [2.75, 3.05) is 6.54 Å². The summed E-state index contributed by atoms with van der Waals surface area (Å²) >= 11 is 1.80. The third-order valence-corrected chi connectivity index (χ3v) is 4.91. The molecule has 3 rings (SSSR count). The van der Waals surface area contributed by atoms with E-state index in [1.807, 2.05) is 6.20 Å². The molecule has 0 saturated heterocycles. The molecule has 1 unspecified atom stereocenters. The molecule has 2 aromatic heterocycles. The van der Waals surface area contributed by atoms with E-state index < -0.39 is 0 Å².